The first-order valence-corrected chi connectivity index (χ1v) is 37.6. The van der Waals surface area contributed by atoms with Crippen molar-refractivity contribution in [3.8, 4) is 34.2 Å². The Hall–Kier alpha value is -3.62. The van der Waals surface area contributed by atoms with Gasteiger partial charge in [-0.05, 0) is 166 Å². The average Bonchev–Trinajstić information content (AvgIpc) is 3.51. The summed E-state index contributed by atoms with van der Waals surface area (Å²) >= 11 is 4.87. The van der Waals surface area contributed by atoms with Crippen LogP contribution in [0.3, 0.4) is 0 Å². The van der Waals surface area contributed by atoms with E-state index >= 15 is 0 Å². The van der Waals surface area contributed by atoms with Gasteiger partial charge in [0.2, 0.25) is 0 Å². The Bertz CT molecular complexity index is 2730. The molecule has 9 nitrogen and oxygen atoms in total. The van der Waals surface area contributed by atoms with Gasteiger partial charge in [0.1, 0.15) is 12.3 Å². The Morgan fingerprint density at radius 2 is 0.650 bits per heavy atom. The quantitative estimate of drug-likeness (QED) is 0.0479. The van der Waals surface area contributed by atoms with E-state index in [1.165, 1.54) is 22.0 Å². The standard InChI is InChI=1S/C23H19N2P.C19H27N2P.C17H23N2P.3CHO.3ClH.3Ru.3H/c1-3-11-20(12-4-1)26(21-13-5-2-6-14-21)18-19-10-9-16-23(25-19)22-15-7-8-17-24-22;1-18(2,3)22(19(4,5)6)14-15-10-9-12-17(21-15)16-11-7-8-13-20-16;1-13(2)20(14(3)4)12-15-8-7-10-17(19-15)16-9-5-6-11-18-16;3*1-2;;;;;;;;;/h1-17H,18H2;7-13H,14H2,1-6H3;5-11,13-14H,12H2,1-4H3;3*1H;3*1H;;;;;;/q;;;3*-1;;;;3*+1;;;. The molecule has 8 rings (SSSR count). The van der Waals surface area contributed by atoms with Gasteiger partial charge >= 0.3 is 81.0 Å². The van der Waals surface area contributed by atoms with E-state index in [1.807, 2.05) is 91.4 Å². The number of hydrogen-bond donors (Lipinski definition) is 0. The number of aromatic nitrogens is 6. The molecule has 0 N–H and O–H groups in total. The summed E-state index contributed by atoms with van der Waals surface area (Å²) in [6.07, 6.45) is 8.65. The first-order chi connectivity index (χ1) is 38.7. The predicted molar refractivity (Wildman–Crippen MR) is 342 cm³/mol. The van der Waals surface area contributed by atoms with Crippen LogP contribution in [-0.4, -0.2) is 71.9 Å². The molecule has 0 saturated heterocycles. The normalized spacial score (nSPS) is 10.3. The summed E-state index contributed by atoms with van der Waals surface area (Å²) in [5, 5.41) is 3.53. The summed E-state index contributed by atoms with van der Waals surface area (Å²) in [6.45, 7) is 33.3. The smallest absolute Gasteiger partial charge is 0.108 e. The fourth-order valence-corrected chi connectivity index (χ4v) is 17.8. The Morgan fingerprint density at radius 3 is 0.925 bits per heavy atom. The van der Waals surface area contributed by atoms with Crippen LogP contribution in [0.1, 0.15) is 86.3 Å². The van der Waals surface area contributed by atoms with E-state index in [1.54, 1.807) is 51.9 Å². The largest absolute Gasteiger partial charge is 0.255 e. The van der Waals surface area contributed by atoms with Gasteiger partial charge in [0.15, 0.2) is 0 Å². The number of benzene rings is 2. The van der Waals surface area contributed by atoms with Crippen LogP contribution in [0.5, 0.6) is 0 Å². The molecule has 6 aromatic heterocycles. The van der Waals surface area contributed by atoms with E-state index in [9.17, 15) is 0 Å². The Balaban J connectivity index is 0.00000107. The summed E-state index contributed by atoms with van der Waals surface area (Å²) in [7, 11) is 11.9. The summed E-state index contributed by atoms with van der Waals surface area (Å²) in [5.41, 5.74) is 10.8. The van der Waals surface area contributed by atoms with E-state index in [4.69, 9.17) is 29.3 Å². The molecule has 0 amide bonds. The van der Waals surface area contributed by atoms with Gasteiger partial charge in [-0.1, -0.05) is 72.8 Å². The van der Waals surface area contributed by atoms with Crippen LogP contribution in [-0.2, 0) is 84.8 Å². The number of halogens is 3. The van der Waals surface area contributed by atoms with Crippen LogP contribution in [0.2, 0.25) is 0 Å². The van der Waals surface area contributed by atoms with Crippen molar-refractivity contribution < 1.29 is 66.3 Å². The Labute approximate surface area is 524 Å². The van der Waals surface area contributed by atoms with E-state index in [0.717, 1.165) is 69.7 Å². The zero-order valence-corrected chi connectivity index (χ0v) is 57.9. The topological polar surface area (TPSA) is 129 Å². The molecule has 0 aliphatic heterocycles. The van der Waals surface area contributed by atoms with Gasteiger partial charge in [-0.15, -0.1) is 0 Å². The third kappa shape index (κ3) is 28.6. The molecule has 8 aromatic rings. The van der Waals surface area contributed by atoms with Crippen LogP contribution in [0.4, 0.5) is 0 Å². The Morgan fingerprint density at radius 1 is 0.375 bits per heavy atom. The molecule has 6 heterocycles. The second-order valence-corrected chi connectivity index (χ2v) is 30.4. The average molecular weight is 1460 g/mol. The number of nitrogens with zero attached hydrogens (tertiary/aromatic N) is 6. The van der Waals surface area contributed by atoms with Gasteiger partial charge in [0.25, 0.3) is 0 Å². The van der Waals surface area contributed by atoms with E-state index in [0.29, 0.717) is 10.3 Å². The van der Waals surface area contributed by atoms with Crippen molar-refractivity contribution in [2.45, 2.75) is 109 Å². The van der Waals surface area contributed by atoms with Gasteiger partial charge < -0.3 is 14.4 Å². The minimum Gasteiger partial charge on any atom is -0.255 e. The zero-order valence-electron chi connectivity index (χ0n) is 47.1. The number of pyridine rings is 6. The molecule has 2 aromatic carbocycles. The van der Waals surface area contributed by atoms with Gasteiger partial charge in [-0.25, -0.2) is 15.0 Å². The van der Waals surface area contributed by atoms with E-state index in [2.05, 4.69) is 231 Å². The molecule has 0 spiro atoms. The maximum absolute atomic E-state index is 7.75. The van der Waals surface area contributed by atoms with Crippen LogP contribution < -0.4 is 10.6 Å². The molecule has 0 aliphatic rings. The van der Waals surface area contributed by atoms with Gasteiger partial charge in [0, 0.05) is 34.4 Å². The number of hydrogen-bond acceptors (Lipinski definition) is 9. The van der Waals surface area contributed by atoms with E-state index in [-0.39, 0.29) is 0 Å². The van der Waals surface area contributed by atoms with Crippen molar-refractivity contribution in [1.82, 2.24) is 29.9 Å². The molecule has 0 radical (unpaired) electrons. The fraction of sp³-hybridized carbons (Fsp3) is 0.274. The summed E-state index contributed by atoms with van der Waals surface area (Å²) < 4.78 is 0. The fourth-order valence-electron chi connectivity index (χ4n) is 8.66. The maximum atomic E-state index is 7.75. The number of rotatable bonds is 13. The third-order valence-electron chi connectivity index (χ3n) is 11.8. The van der Waals surface area contributed by atoms with Crippen LogP contribution >= 0.6 is 52.8 Å². The van der Waals surface area contributed by atoms with Gasteiger partial charge in [-0.3, -0.25) is 35.3 Å². The van der Waals surface area contributed by atoms with Crippen molar-refractivity contribution in [2.75, 3.05) is 0 Å². The van der Waals surface area contributed by atoms with Crippen LogP contribution in [0.15, 0.2) is 188 Å². The minimum atomic E-state index is -0.933. The molecule has 18 heteroatoms. The molecule has 0 bridgehead atoms. The first kappa shape index (κ1) is 76.4. The van der Waals surface area contributed by atoms with Crippen LogP contribution in [0.25, 0.3) is 34.2 Å². The molecular weight excluding hydrogens is 1380 g/mol. The van der Waals surface area contributed by atoms with Crippen molar-refractivity contribution in [3.05, 3.63) is 206 Å². The van der Waals surface area contributed by atoms with E-state index < -0.39 is 23.8 Å². The molecule has 0 unspecified atom stereocenters. The van der Waals surface area contributed by atoms with Crippen molar-refractivity contribution in [1.29, 1.82) is 0 Å². The SMILES string of the molecule is CC(C)(C)[PH+](Cc1cccc(-c2ccccn2)n1)C(C)(C)C.CC(C)[PH+](Cc1cccc(-c2ccccn2)n1)C(C)C.[CH-]=O.[CH-]=O.[CH-]=O.[Cl][RuH].[Cl][RuH].[Cl][RuH].c1ccc([PH+](Cc2cccc(-c3ccccn3)n2)c2ccccc2)cc1. The third-order valence-corrected chi connectivity index (χ3v) is 22.7. The minimum absolute atomic E-state index is 0.353. The van der Waals surface area contributed by atoms with Crippen LogP contribution in [0, 0.1) is 0 Å². The Kier molecular flexibility index (Phi) is 42.9. The first-order valence-electron chi connectivity index (χ1n) is 25.1. The molecule has 0 atom stereocenters. The molecule has 0 saturated carbocycles. The summed E-state index contributed by atoms with van der Waals surface area (Å²) in [6, 6.07) is 58.3. The second kappa shape index (κ2) is 44.9. The second-order valence-electron chi connectivity index (χ2n) is 19.8. The number of carbonyl (C=O) groups excluding carboxylic acids is 3. The molecular formula is C62H78Cl3N6O3P3Ru3. The van der Waals surface area contributed by atoms with Gasteiger partial charge in [0.05, 0.1) is 97.6 Å². The molecule has 434 valence electrons. The zero-order chi connectivity index (χ0) is 60.5. The summed E-state index contributed by atoms with van der Waals surface area (Å²) in [5.74, 6) is 0. The molecule has 80 heavy (non-hydrogen) atoms. The predicted octanol–water partition coefficient (Wildman–Crippen LogP) is 15.1. The molecule has 0 aliphatic carbocycles. The van der Waals surface area contributed by atoms with Crippen molar-refractivity contribution in [2.24, 2.45) is 0 Å². The summed E-state index contributed by atoms with van der Waals surface area (Å²) in [4.78, 5) is 51.1. The maximum Gasteiger partial charge on any atom is 0.108 e. The van der Waals surface area contributed by atoms with Crippen molar-refractivity contribution in [3.63, 3.8) is 0 Å². The monoisotopic (exact) mass is 1460 g/mol. The molecule has 0 fully saturated rings. The van der Waals surface area contributed by atoms with Crippen molar-refractivity contribution >= 4 is 83.8 Å². The van der Waals surface area contributed by atoms with Gasteiger partial charge in [-0.2, -0.15) is 0 Å².